The molecule has 0 fully saturated rings. The van der Waals surface area contributed by atoms with Crippen LogP contribution in [0, 0.1) is 0 Å². The average Bonchev–Trinajstić information content (AvgIpc) is 3.06. The number of pyridine rings is 1. The monoisotopic (exact) mass is 301 g/mol. The van der Waals surface area contributed by atoms with E-state index in [1.807, 2.05) is 19.2 Å². The quantitative estimate of drug-likeness (QED) is 0.743. The Bertz CT molecular complexity index is 719. The number of anilines is 2. The van der Waals surface area contributed by atoms with E-state index in [-0.39, 0.29) is 0 Å². The van der Waals surface area contributed by atoms with Crippen LogP contribution in [0.5, 0.6) is 0 Å². The van der Waals surface area contributed by atoms with Crippen LogP contribution >= 0.6 is 11.5 Å². The van der Waals surface area contributed by atoms with Crippen LogP contribution in [-0.4, -0.2) is 30.7 Å². The Hall–Kier alpha value is -2.48. The summed E-state index contributed by atoms with van der Waals surface area (Å²) >= 11 is 1.36. The molecule has 8 heteroatoms. The lowest BCUT2D eigenvalue weighted by Gasteiger charge is -2.06. The number of nitrogen functional groups attached to an aromatic ring is 1. The van der Waals surface area contributed by atoms with Gasteiger partial charge in [0.05, 0.1) is 5.56 Å². The Morgan fingerprint density at radius 1 is 1.33 bits per heavy atom. The predicted octanol–water partition coefficient (Wildman–Crippen LogP) is 1.57. The van der Waals surface area contributed by atoms with Crippen molar-refractivity contribution in [2.45, 2.75) is 6.42 Å². The molecule has 0 unspecified atom stereocenters. The van der Waals surface area contributed by atoms with Gasteiger partial charge in [-0.1, -0.05) is 0 Å². The smallest absolute Gasteiger partial charge is 0.152 e. The van der Waals surface area contributed by atoms with Crippen LogP contribution in [-0.2, 0) is 13.5 Å². The first-order chi connectivity index (χ1) is 10.2. The van der Waals surface area contributed by atoms with Gasteiger partial charge in [-0.2, -0.15) is 9.47 Å². The number of nitrogens with two attached hydrogens (primary N) is 1. The first kappa shape index (κ1) is 13.5. The Labute approximate surface area is 126 Å². The van der Waals surface area contributed by atoms with Crippen molar-refractivity contribution < 1.29 is 0 Å². The minimum Gasteiger partial charge on any atom is -0.382 e. The van der Waals surface area contributed by atoms with Gasteiger partial charge >= 0.3 is 0 Å². The highest BCUT2D eigenvalue weighted by molar-refractivity contribution is 7.11. The van der Waals surface area contributed by atoms with Crippen molar-refractivity contribution in [3.05, 3.63) is 36.7 Å². The first-order valence-corrected chi connectivity index (χ1v) is 7.25. The van der Waals surface area contributed by atoms with Crippen molar-refractivity contribution in [3.8, 4) is 11.1 Å². The van der Waals surface area contributed by atoms with Crippen LogP contribution < -0.4 is 11.1 Å². The van der Waals surface area contributed by atoms with Gasteiger partial charge in [-0.05, 0) is 29.2 Å². The topological polar surface area (TPSA) is 94.5 Å². The molecule has 0 aliphatic heterocycles. The van der Waals surface area contributed by atoms with Gasteiger partial charge < -0.3 is 11.1 Å². The summed E-state index contributed by atoms with van der Waals surface area (Å²) in [6, 6.07) is 3.84. The molecule has 21 heavy (non-hydrogen) atoms. The largest absolute Gasteiger partial charge is 0.382 e. The minimum atomic E-state index is 0.532. The van der Waals surface area contributed by atoms with Crippen LogP contribution in [0.2, 0.25) is 0 Å². The molecule has 0 saturated carbocycles. The highest BCUT2D eigenvalue weighted by Crippen LogP contribution is 2.36. The van der Waals surface area contributed by atoms with E-state index in [1.54, 1.807) is 23.4 Å². The molecule has 0 aliphatic carbocycles. The van der Waals surface area contributed by atoms with E-state index < -0.39 is 0 Å². The molecule has 3 N–H and O–H groups in total. The number of aromatic nitrogens is 5. The van der Waals surface area contributed by atoms with Gasteiger partial charge in [-0.3, -0.25) is 9.67 Å². The molecule has 0 saturated heterocycles. The molecule has 7 nitrogen and oxygen atoms in total. The van der Waals surface area contributed by atoms with E-state index in [9.17, 15) is 0 Å². The van der Waals surface area contributed by atoms with Gasteiger partial charge in [0.15, 0.2) is 5.82 Å². The van der Waals surface area contributed by atoms with Crippen LogP contribution in [0.25, 0.3) is 11.1 Å². The molecule has 3 aromatic rings. The molecular weight excluding hydrogens is 286 g/mol. The van der Waals surface area contributed by atoms with Gasteiger partial charge in [0.25, 0.3) is 0 Å². The summed E-state index contributed by atoms with van der Waals surface area (Å²) in [5.74, 6) is 1.35. The van der Waals surface area contributed by atoms with E-state index in [2.05, 4.69) is 24.8 Å². The predicted molar refractivity (Wildman–Crippen MR) is 83.0 cm³/mol. The number of nitrogens with zero attached hydrogens (tertiary/aromatic N) is 5. The van der Waals surface area contributed by atoms with Gasteiger partial charge in [0, 0.05) is 32.4 Å². The lowest BCUT2D eigenvalue weighted by Crippen LogP contribution is -2.06. The van der Waals surface area contributed by atoms with Crippen molar-refractivity contribution in [1.82, 2.24) is 24.1 Å². The molecule has 0 bridgehead atoms. The fourth-order valence-electron chi connectivity index (χ4n) is 2.01. The zero-order chi connectivity index (χ0) is 14.7. The Morgan fingerprint density at radius 3 is 2.86 bits per heavy atom. The lowest BCUT2D eigenvalue weighted by molar-refractivity contribution is 0.742. The van der Waals surface area contributed by atoms with Gasteiger partial charge in [0.1, 0.15) is 17.1 Å². The third kappa shape index (κ3) is 3.00. The summed E-state index contributed by atoms with van der Waals surface area (Å²) < 4.78 is 5.92. The van der Waals surface area contributed by atoms with Crippen LogP contribution in [0.15, 0.2) is 30.9 Å². The summed E-state index contributed by atoms with van der Waals surface area (Å²) in [6.07, 6.45) is 5.93. The maximum atomic E-state index is 5.97. The van der Waals surface area contributed by atoms with Gasteiger partial charge in [0.2, 0.25) is 0 Å². The third-order valence-corrected chi connectivity index (χ3v) is 3.79. The second-order valence-electron chi connectivity index (χ2n) is 4.52. The Morgan fingerprint density at radius 2 is 2.14 bits per heavy atom. The summed E-state index contributed by atoms with van der Waals surface area (Å²) in [5, 5.41) is 8.56. The van der Waals surface area contributed by atoms with E-state index in [1.165, 1.54) is 11.5 Å². The molecule has 0 aromatic carbocycles. The van der Waals surface area contributed by atoms with E-state index >= 15 is 0 Å². The molecular formula is C13H15N7S. The Kier molecular flexibility index (Phi) is 3.78. The molecule has 0 radical (unpaired) electrons. The molecule has 0 atom stereocenters. The SMILES string of the molecule is Cn1cnc(CCNc2snc(N)c2-c2ccncc2)n1. The number of hydrogen-bond acceptors (Lipinski definition) is 7. The standard InChI is InChI=1S/C13H15N7S/c1-20-8-17-10(18-20)4-7-16-13-11(12(14)19-21-13)9-2-5-15-6-3-9/h2-3,5-6,8,16H,4,7H2,1H3,(H2,14,19). The molecule has 3 aromatic heterocycles. The lowest BCUT2D eigenvalue weighted by atomic mass is 10.1. The average molecular weight is 301 g/mol. The fraction of sp³-hybridized carbons (Fsp3) is 0.231. The van der Waals surface area contributed by atoms with E-state index in [0.29, 0.717) is 5.82 Å². The maximum Gasteiger partial charge on any atom is 0.152 e. The summed E-state index contributed by atoms with van der Waals surface area (Å²) in [6.45, 7) is 0.726. The second-order valence-corrected chi connectivity index (χ2v) is 5.29. The second kappa shape index (κ2) is 5.88. The van der Waals surface area contributed by atoms with Crippen molar-refractivity contribution in [2.24, 2.45) is 7.05 Å². The molecule has 3 rings (SSSR count). The number of nitrogens with one attached hydrogen (secondary N) is 1. The van der Waals surface area contributed by atoms with Crippen molar-refractivity contribution in [1.29, 1.82) is 0 Å². The fourth-order valence-corrected chi connectivity index (χ4v) is 2.77. The molecule has 3 heterocycles. The molecule has 0 aliphatic rings. The van der Waals surface area contributed by atoms with Gasteiger partial charge in [-0.25, -0.2) is 4.98 Å². The maximum absolute atomic E-state index is 5.97. The van der Waals surface area contributed by atoms with Crippen molar-refractivity contribution >= 4 is 22.4 Å². The van der Waals surface area contributed by atoms with Gasteiger partial charge in [-0.15, -0.1) is 0 Å². The normalized spacial score (nSPS) is 10.7. The number of aryl methyl sites for hydroxylation is 1. The van der Waals surface area contributed by atoms with E-state index in [4.69, 9.17) is 5.73 Å². The Balaban J connectivity index is 1.72. The van der Waals surface area contributed by atoms with Crippen LogP contribution in [0.3, 0.4) is 0 Å². The summed E-state index contributed by atoms with van der Waals surface area (Å²) in [7, 11) is 1.86. The molecule has 108 valence electrons. The van der Waals surface area contributed by atoms with Crippen LogP contribution in [0.1, 0.15) is 5.82 Å². The number of hydrogen-bond donors (Lipinski definition) is 2. The van der Waals surface area contributed by atoms with Crippen LogP contribution in [0.4, 0.5) is 10.8 Å². The van der Waals surface area contributed by atoms with Crippen molar-refractivity contribution in [2.75, 3.05) is 17.6 Å². The number of rotatable bonds is 5. The molecule has 0 amide bonds. The van der Waals surface area contributed by atoms with E-state index in [0.717, 1.165) is 34.9 Å². The summed E-state index contributed by atoms with van der Waals surface area (Å²) in [4.78, 5) is 8.22. The summed E-state index contributed by atoms with van der Waals surface area (Å²) in [5.41, 5.74) is 7.91. The first-order valence-electron chi connectivity index (χ1n) is 6.48. The minimum absolute atomic E-state index is 0.532. The highest BCUT2D eigenvalue weighted by Gasteiger charge is 2.13. The van der Waals surface area contributed by atoms with Crippen molar-refractivity contribution in [3.63, 3.8) is 0 Å². The zero-order valence-electron chi connectivity index (χ0n) is 11.5. The third-order valence-electron chi connectivity index (χ3n) is 2.97. The molecule has 0 spiro atoms. The zero-order valence-corrected chi connectivity index (χ0v) is 12.3. The highest BCUT2D eigenvalue weighted by atomic mass is 32.1.